The summed E-state index contributed by atoms with van der Waals surface area (Å²) in [6, 6.07) is 12.1. The lowest BCUT2D eigenvalue weighted by Crippen LogP contribution is -1.91. The number of aliphatic hydroxyl groups is 1. The fraction of sp³-hybridized carbons (Fsp3) is 0.250. The highest BCUT2D eigenvalue weighted by molar-refractivity contribution is 7.99. The van der Waals surface area contributed by atoms with Crippen LogP contribution in [0.25, 0.3) is 0 Å². The quantitative estimate of drug-likeness (QED) is 0.843. The van der Waals surface area contributed by atoms with E-state index >= 15 is 0 Å². The number of rotatable bonds is 3. The van der Waals surface area contributed by atoms with Gasteiger partial charge in [0, 0.05) is 9.79 Å². The predicted octanol–water partition coefficient (Wildman–Crippen LogP) is 5.16. The largest absolute Gasteiger partial charge is 0.389 e. The Kier molecular flexibility index (Phi) is 4.56. The summed E-state index contributed by atoms with van der Waals surface area (Å²) in [4.78, 5) is 2.23. The molecule has 1 atom stereocenters. The first-order valence-corrected chi connectivity index (χ1v) is 7.39. The van der Waals surface area contributed by atoms with Crippen LogP contribution in [-0.2, 0) is 0 Å². The Hall–Kier alpha value is -0.960. The molecule has 0 aliphatic heterocycles. The summed E-state index contributed by atoms with van der Waals surface area (Å²) in [6.45, 7) is 5.92. The maximum Gasteiger partial charge on any atom is 0.0762 e. The molecule has 3 heteroatoms. The summed E-state index contributed by atoms with van der Waals surface area (Å²) in [5, 5.41) is 10.2. The highest BCUT2D eigenvalue weighted by Crippen LogP contribution is 2.36. The third-order valence-corrected chi connectivity index (χ3v) is 4.66. The summed E-state index contributed by atoms with van der Waals surface area (Å²) in [5.41, 5.74) is 3.33. The second kappa shape index (κ2) is 6.00. The molecule has 0 heterocycles. The first kappa shape index (κ1) is 14.4. The number of hydrogen-bond acceptors (Lipinski definition) is 2. The van der Waals surface area contributed by atoms with Crippen molar-refractivity contribution < 1.29 is 5.11 Å². The molecule has 0 saturated carbocycles. The molecule has 0 amide bonds. The Morgan fingerprint density at radius 2 is 1.79 bits per heavy atom. The number of hydrogen-bond donors (Lipinski definition) is 1. The topological polar surface area (TPSA) is 20.2 Å². The van der Waals surface area contributed by atoms with E-state index in [0.29, 0.717) is 5.02 Å². The molecule has 0 aliphatic rings. The minimum Gasteiger partial charge on any atom is -0.389 e. The highest BCUT2D eigenvalue weighted by Gasteiger charge is 2.08. The van der Waals surface area contributed by atoms with Crippen molar-refractivity contribution in [2.24, 2.45) is 0 Å². The van der Waals surface area contributed by atoms with Crippen LogP contribution in [0.3, 0.4) is 0 Å². The molecule has 19 heavy (non-hydrogen) atoms. The number of halogens is 1. The molecular formula is C16H17ClOS. The Morgan fingerprint density at radius 3 is 2.42 bits per heavy atom. The van der Waals surface area contributed by atoms with Gasteiger partial charge in [0.05, 0.1) is 11.1 Å². The Morgan fingerprint density at radius 1 is 1.05 bits per heavy atom. The fourth-order valence-electron chi connectivity index (χ4n) is 1.80. The van der Waals surface area contributed by atoms with Gasteiger partial charge >= 0.3 is 0 Å². The molecule has 2 aromatic carbocycles. The summed E-state index contributed by atoms with van der Waals surface area (Å²) >= 11 is 7.95. The first-order chi connectivity index (χ1) is 8.97. The number of aryl methyl sites for hydroxylation is 2. The Bertz CT molecular complexity index is 593. The maximum atomic E-state index is 9.54. The third kappa shape index (κ3) is 3.53. The monoisotopic (exact) mass is 292 g/mol. The Balaban J connectivity index is 2.31. The predicted molar refractivity (Wildman–Crippen MR) is 82.1 cm³/mol. The van der Waals surface area contributed by atoms with E-state index in [1.807, 2.05) is 18.2 Å². The van der Waals surface area contributed by atoms with Gasteiger partial charge in [0.25, 0.3) is 0 Å². The van der Waals surface area contributed by atoms with Gasteiger partial charge in [-0.2, -0.15) is 0 Å². The zero-order valence-corrected chi connectivity index (χ0v) is 12.8. The van der Waals surface area contributed by atoms with Crippen molar-refractivity contribution in [1.82, 2.24) is 0 Å². The van der Waals surface area contributed by atoms with E-state index in [-0.39, 0.29) is 0 Å². The number of benzene rings is 2. The van der Waals surface area contributed by atoms with Crippen LogP contribution in [0.1, 0.15) is 29.7 Å². The van der Waals surface area contributed by atoms with Gasteiger partial charge in [-0.3, -0.25) is 0 Å². The fourth-order valence-corrected chi connectivity index (χ4v) is 3.10. The second-order valence-corrected chi connectivity index (χ2v) is 6.23. The van der Waals surface area contributed by atoms with Crippen LogP contribution in [0, 0.1) is 13.8 Å². The van der Waals surface area contributed by atoms with Crippen molar-refractivity contribution >= 4 is 23.4 Å². The van der Waals surface area contributed by atoms with E-state index in [9.17, 15) is 5.11 Å². The standard InChI is InChI=1S/C16H17ClOS/c1-10-4-5-11(2)16(8-10)19-15-7-6-13(12(3)18)9-14(15)17/h4-9,12,18H,1-3H3/t12-/m1/s1. The van der Waals surface area contributed by atoms with Gasteiger partial charge in [0.2, 0.25) is 0 Å². The van der Waals surface area contributed by atoms with E-state index in [2.05, 4.69) is 32.0 Å². The normalized spacial score (nSPS) is 12.5. The zero-order chi connectivity index (χ0) is 14.0. The van der Waals surface area contributed by atoms with Crippen molar-refractivity contribution in [3.8, 4) is 0 Å². The van der Waals surface area contributed by atoms with Gasteiger partial charge in [0.15, 0.2) is 0 Å². The lowest BCUT2D eigenvalue weighted by atomic mass is 10.1. The number of aliphatic hydroxyl groups excluding tert-OH is 1. The van der Waals surface area contributed by atoms with Gasteiger partial charge in [-0.15, -0.1) is 0 Å². The van der Waals surface area contributed by atoms with Gasteiger partial charge in [-0.05, 0) is 55.7 Å². The average molecular weight is 293 g/mol. The molecule has 0 bridgehead atoms. The van der Waals surface area contributed by atoms with E-state index in [4.69, 9.17) is 11.6 Å². The van der Waals surface area contributed by atoms with Crippen LogP contribution in [-0.4, -0.2) is 5.11 Å². The lowest BCUT2D eigenvalue weighted by molar-refractivity contribution is 0.199. The molecule has 0 aliphatic carbocycles. The molecule has 0 aromatic heterocycles. The third-order valence-electron chi connectivity index (χ3n) is 3.00. The van der Waals surface area contributed by atoms with Crippen molar-refractivity contribution in [2.75, 3.05) is 0 Å². The van der Waals surface area contributed by atoms with E-state index in [1.165, 1.54) is 16.0 Å². The molecule has 0 fully saturated rings. The minimum atomic E-state index is -0.489. The summed E-state index contributed by atoms with van der Waals surface area (Å²) in [7, 11) is 0. The molecule has 1 nitrogen and oxygen atoms in total. The summed E-state index contributed by atoms with van der Waals surface area (Å²) in [6.07, 6.45) is -0.489. The smallest absolute Gasteiger partial charge is 0.0762 e. The van der Waals surface area contributed by atoms with Crippen molar-refractivity contribution in [3.63, 3.8) is 0 Å². The molecule has 0 unspecified atom stereocenters. The van der Waals surface area contributed by atoms with E-state index in [0.717, 1.165) is 10.5 Å². The van der Waals surface area contributed by atoms with Crippen LogP contribution in [0.15, 0.2) is 46.2 Å². The minimum absolute atomic E-state index is 0.489. The van der Waals surface area contributed by atoms with Crippen LogP contribution in [0.5, 0.6) is 0 Å². The van der Waals surface area contributed by atoms with Gasteiger partial charge in [0.1, 0.15) is 0 Å². The maximum absolute atomic E-state index is 9.54. The molecule has 0 spiro atoms. The molecule has 2 rings (SSSR count). The zero-order valence-electron chi connectivity index (χ0n) is 11.3. The molecule has 100 valence electrons. The van der Waals surface area contributed by atoms with Crippen molar-refractivity contribution in [1.29, 1.82) is 0 Å². The van der Waals surface area contributed by atoms with Crippen molar-refractivity contribution in [2.45, 2.75) is 36.7 Å². The lowest BCUT2D eigenvalue weighted by Gasteiger charge is -2.11. The van der Waals surface area contributed by atoms with Gasteiger partial charge < -0.3 is 5.11 Å². The molecule has 0 radical (unpaired) electrons. The average Bonchev–Trinajstić information content (AvgIpc) is 2.36. The van der Waals surface area contributed by atoms with Crippen LogP contribution in [0.4, 0.5) is 0 Å². The Labute approximate surface area is 123 Å². The van der Waals surface area contributed by atoms with Crippen LogP contribution < -0.4 is 0 Å². The second-order valence-electron chi connectivity index (χ2n) is 4.74. The molecule has 0 saturated heterocycles. The molecule has 1 N–H and O–H groups in total. The van der Waals surface area contributed by atoms with E-state index in [1.54, 1.807) is 18.7 Å². The highest BCUT2D eigenvalue weighted by atomic mass is 35.5. The van der Waals surface area contributed by atoms with Gasteiger partial charge in [-0.1, -0.05) is 41.6 Å². The SMILES string of the molecule is Cc1ccc(C)c(Sc2ccc([C@@H](C)O)cc2Cl)c1. The van der Waals surface area contributed by atoms with Crippen molar-refractivity contribution in [3.05, 3.63) is 58.1 Å². The summed E-state index contributed by atoms with van der Waals surface area (Å²) < 4.78 is 0. The summed E-state index contributed by atoms with van der Waals surface area (Å²) in [5.74, 6) is 0. The van der Waals surface area contributed by atoms with Crippen LogP contribution in [0.2, 0.25) is 5.02 Å². The van der Waals surface area contributed by atoms with Crippen LogP contribution >= 0.6 is 23.4 Å². The molecular weight excluding hydrogens is 276 g/mol. The first-order valence-electron chi connectivity index (χ1n) is 6.20. The van der Waals surface area contributed by atoms with E-state index < -0.39 is 6.10 Å². The van der Waals surface area contributed by atoms with Gasteiger partial charge in [-0.25, -0.2) is 0 Å². The molecule has 2 aromatic rings.